The van der Waals surface area contributed by atoms with Crippen LogP contribution in [0, 0.1) is 13.8 Å². The molecule has 0 aromatic heterocycles. The van der Waals surface area contributed by atoms with E-state index in [1.165, 1.54) is 11.1 Å². The molecule has 0 saturated carbocycles. The van der Waals surface area contributed by atoms with Crippen molar-refractivity contribution in [3.8, 4) is 0 Å². The lowest BCUT2D eigenvalue weighted by Gasteiger charge is -2.18. The van der Waals surface area contributed by atoms with Crippen LogP contribution < -0.4 is 5.32 Å². The number of halogens is 2. The van der Waals surface area contributed by atoms with Gasteiger partial charge in [0.1, 0.15) is 0 Å². The fourth-order valence-corrected chi connectivity index (χ4v) is 2.38. The Morgan fingerprint density at radius 2 is 1.68 bits per heavy atom. The van der Waals surface area contributed by atoms with Crippen LogP contribution in [0.15, 0.2) is 36.4 Å². The Balaban J connectivity index is 2.20. The van der Waals surface area contributed by atoms with Gasteiger partial charge in [-0.05, 0) is 50.1 Å². The van der Waals surface area contributed by atoms with Gasteiger partial charge in [0.05, 0.1) is 10.0 Å². The quantitative estimate of drug-likeness (QED) is 0.756. The van der Waals surface area contributed by atoms with Gasteiger partial charge in [-0.3, -0.25) is 0 Å². The van der Waals surface area contributed by atoms with E-state index in [0.29, 0.717) is 10.0 Å². The molecule has 0 saturated heterocycles. The van der Waals surface area contributed by atoms with E-state index in [-0.39, 0.29) is 6.04 Å². The molecule has 0 fully saturated rings. The zero-order valence-corrected chi connectivity index (χ0v) is 12.8. The third-order valence-electron chi connectivity index (χ3n) is 3.20. The van der Waals surface area contributed by atoms with Gasteiger partial charge in [-0.25, -0.2) is 0 Å². The van der Waals surface area contributed by atoms with Crippen LogP contribution in [-0.4, -0.2) is 0 Å². The smallest absolute Gasteiger partial charge is 0.0595 e. The first-order chi connectivity index (χ1) is 8.97. The molecule has 2 aromatic carbocycles. The molecule has 0 bridgehead atoms. The minimum Gasteiger partial charge on any atom is -0.378 e. The zero-order valence-electron chi connectivity index (χ0n) is 11.3. The Morgan fingerprint density at radius 3 is 2.32 bits per heavy atom. The fourth-order valence-electron chi connectivity index (χ4n) is 2.07. The van der Waals surface area contributed by atoms with Crippen molar-refractivity contribution in [2.24, 2.45) is 0 Å². The summed E-state index contributed by atoms with van der Waals surface area (Å²) in [6.45, 7) is 6.31. The first-order valence-corrected chi connectivity index (χ1v) is 7.01. The molecule has 2 rings (SSSR count). The minimum absolute atomic E-state index is 0.177. The van der Waals surface area contributed by atoms with Crippen LogP contribution in [0.5, 0.6) is 0 Å². The Labute approximate surface area is 124 Å². The zero-order chi connectivity index (χ0) is 14.0. The molecule has 0 heterocycles. The number of anilines is 1. The maximum absolute atomic E-state index is 6.05. The summed E-state index contributed by atoms with van der Waals surface area (Å²) in [5.74, 6) is 0. The molecule has 3 heteroatoms. The molecule has 0 aliphatic carbocycles. The number of hydrogen-bond donors (Lipinski definition) is 1. The van der Waals surface area contributed by atoms with E-state index < -0.39 is 0 Å². The average molecular weight is 294 g/mol. The molecular weight excluding hydrogens is 277 g/mol. The predicted molar refractivity (Wildman–Crippen MR) is 84.4 cm³/mol. The summed E-state index contributed by atoms with van der Waals surface area (Å²) in [7, 11) is 0. The van der Waals surface area contributed by atoms with Crippen LogP contribution >= 0.6 is 23.2 Å². The predicted octanol–water partition coefficient (Wildman–Crippen LogP) is 5.78. The first kappa shape index (κ1) is 14.2. The van der Waals surface area contributed by atoms with Crippen molar-refractivity contribution in [1.82, 2.24) is 0 Å². The monoisotopic (exact) mass is 293 g/mol. The molecule has 1 N–H and O–H groups in total. The van der Waals surface area contributed by atoms with E-state index >= 15 is 0 Å². The van der Waals surface area contributed by atoms with Crippen molar-refractivity contribution >= 4 is 28.9 Å². The summed E-state index contributed by atoms with van der Waals surface area (Å²) in [5.41, 5.74) is 4.77. The molecule has 0 radical (unpaired) electrons. The fraction of sp³-hybridized carbons (Fsp3) is 0.250. The van der Waals surface area contributed by atoms with Crippen LogP contribution in [-0.2, 0) is 0 Å². The Morgan fingerprint density at radius 1 is 0.947 bits per heavy atom. The van der Waals surface area contributed by atoms with Gasteiger partial charge in [-0.15, -0.1) is 0 Å². The second kappa shape index (κ2) is 5.85. The summed E-state index contributed by atoms with van der Waals surface area (Å²) in [4.78, 5) is 0. The van der Waals surface area contributed by atoms with E-state index in [0.717, 1.165) is 11.3 Å². The molecular formula is C16H17Cl2N. The second-order valence-electron chi connectivity index (χ2n) is 4.86. The molecule has 0 amide bonds. The van der Waals surface area contributed by atoms with Gasteiger partial charge in [-0.1, -0.05) is 47.0 Å². The molecule has 1 nitrogen and oxygen atoms in total. The largest absolute Gasteiger partial charge is 0.378 e. The highest BCUT2D eigenvalue weighted by atomic mass is 35.5. The Hall–Kier alpha value is -1.18. The van der Waals surface area contributed by atoms with Gasteiger partial charge < -0.3 is 5.32 Å². The van der Waals surface area contributed by atoms with Crippen LogP contribution in [0.4, 0.5) is 5.69 Å². The lowest BCUT2D eigenvalue weighted by molar-refractivity contribution is 0.882. The van der Waals surface area contributed by atoms with Crippen molar-refractivity contribution in [3.05, 3.63) is 63.1 Å². The first-order valence-electron chi connectivity index (χ1n) is 6.26. The molecule has 1 atom stereocenters. The van der Waals surface area contributed by atoms with E-state index in [9.17, 15) is 0 Å². The van der Waals surface area contributed by atoms with E-state index in [2.05, 4.69) is 44.3 Å². The normalized spacial score (nSPS) is 12.3. The van der Waals surface area contributed by atoms with Crippen LogP contribution in [0.3, 0.4) is 0 Å². The second-order valence-corrected chi connectivity index (χ2v) is 5.67. The molecule has 0 spiro atoms. The minimum atomic E-state index is 0.177. The van der Waals surface area contributed by atoms with E-state index in [4.69, 9.17) is 23.2 Å². The van der Waals surface area contributed by atoms with E-state index in [1.807, 2.05) is 18.2 Å². The molecule has 0 aliphatic heterocycles. The summed E-state index contributed by atoms with van der Waals surface area (Å²) in [6, 6.07) is 12.3. The third-order valence-corrected chi connectivity index (χ3v) is 3.94. The topological polar surface area (TPSA) is 12.0 Å². The maximum atomic E-state index is 6.05. The standard InChI is InChI=1S/C16H17Cl2N/c1-10-4-7-16(11(2)8-10)19-12(3)13-5-6-14(17)15(18)9-13/h4-9,12,19H,1-3H3. The molecule has 19 heavy (non-hydrogen) atoms. The van der Waals surface area contributed by atoms with Gasteiger partial charge in [0, 0.05) is 11.7 Å². The average Bonchev–Trinajstić information content (AvgIpc) is 2.36. The Bertz CT molecular complexity index is 593. The van der Waals surface area contributed by atoms with E-state index in [1.54, 1.807) is 0 Å². The summed E-state index contributed by atoms with van der Waals surface area (Å²) >= 11 is 12.0. The molecule has 100 valence electrons. The summed E-state index contributed by atoms with van der Waals surface area (Å²) in [6.07, 6.45) is 0. The van der Waals surface area contributed by atoms with Crippen molar-refractivity contribution in [2.45, 2.75) is 26.8 Å². The van der Waals surface area contributed by atoms with Gasteiger partial charge in [0.2, 0.25) is 0 Å². The number of nitrogens with one attached hydrogen (secondary N) is 1. The lowest BCUT2D eigenvalue weighted by Crippen LogP contribution is -2.07. The number of benzene rings is 2. The van der Waals surface area contributed by atoms with Crippen LogP contribution in [0.2, 0.25) is 10.0 Å². The maximum Gasteiger partial charge on any atom is 0.0595 e. The number of hydrogen-bond acceptors (Lipinski definition) is 1. The summed E-state index contributed by atoms with van der Waals surface area (Å²) < 4.78 is 0. The molecule has 0 aliphatic rings. The van der Waals surface area contributed by atoms with Crippen LogP contribution in [0.25, 0.3) is 0 Å². The molecule has 1 unspecified atom stereocenters. The highest BCUT2D eigenvalue weighted by Gasteiger charge is 2.09. The number of aryl methyl sites for hydroxylation is 2. The highest BCUT2D eigenvalue weighted by molar-refractivity contribution is 6.42. The third kappa shape index (κ3) is 3.43. The lowest BCUT2D eigenvalue weighted by atomic mass is 10.1. The van der Waals surface area contributed by atoms with Gasteiger partial charge in [-0.2, -0.15) is 0 Å². The van der Waals surface area contributed by atoms with Gasteiger partial charge in [0.25, 0.3) is 0 Å². The van der Waals surface area contributed by atoms with Crippen molar-refractivity contribution in [2.75, 3.05) is 5.32 Å². The Kier molecular flexibility index (Phi) is 4.38. The van der Waals surface area contributed by atoms with Crippen molar-refractivity contribution in [3.63, 3.8) is 0 Å². The van der Waals surface area contributed by atoms with Crippen LogP contribution in [0.1, 0.15) is 29.7 Å². The summed E-state index contributed by atoms with van der Waals surface area (Å²) in [5, 5.41) is 4.68. The highest BCUT2D eigenvalue weighted by Crippen LogP contribution is 2.28. The molecule has 2 aromatic rings. The van der Waals surface area contributed by atoms with Gasteiger partial charge in [0.15, 0.2) is 0 Å². The number of rotatable bonds is 3. The SMILES string of the molecule is Cc1ccc(NC(C)c2ccc(Cl)c(Cl)c2)c(C)c1. The van der Waals surface area contributed by atoms with Crippen molar-refractivity contribution < 1.29 is 0 Å². The van der Waals surface area contributed by atoms with Gasteiger partial charge >= 0.3 is 0 Å². The van der Waals surface area contributed by atoms with Crippen molar-refractivity contribution in [1.29, 1.82) is 0 Å².